The number of hydrogen-bond acceptors (Lipinski definition) is 3. The summed E-state index contributed by atoms with van der Waals surface area (Å²) in [6.45, 7) is 5.08. The normalized spacial score (nSPS) is 18.1. The van der Waals surface area contributed by atoms with Gasteiger partial charge in [-0.25, -0.2) is 9.78 Å². The summed E-state index contributed by atoms with van der Waals surface area (Å²) in [4.78, 5) is 19.1. The SMILES string of the molecule is CN(Cc1nc2ccccc2s1)C(=O)NC1CCC(C)(C)c2ccccc21. The van der Waals surface area contributed by atoms with Crippen LogP contribution < -0.4 is 5.32 Å². The third-order valence-electron chi connectivity index (χ3n) is 5.48. The monoisotopic (exact) mass is 379 g/mol. The minimum Gasteiger partial charge on any atom is -0.331 e. The predicted molar refractivity (Wildman–Crippen MR) is 111 cm³/mol. The predicted octanol–water partition coefficient (Wildman–Crippen LogP) is 5.25. The summed E-state index contributed by atoms with van der Waals surface area (Å²) < 4.78 is 1.16. The van der Waals surface area contributed by atoms with Gasteiger partial charge in [0.05, 0.1) is 22.8 Å². The van der Waals surface area contributed by atoms with Crippen molar-refractivity contribution in [3.63, 3.8) is 0 Å². The van der Waals surface area contributed by atoms with Gasteiger partial charge in [-0.05, 0) is 41.5 Å². The summed E-state index contributed by atoms with van der Waals surface area (Å²) in [6, 6.07) is 16.6. The van der Waals surface area contributed by atoms with Crippen molar-refractivity contribution in [2.75, 3.05) is 7.05 Å². The van der Waals surface area contributed by atoms with Crippen molar-refractivity contribution in [3.8, 4) is 0 Å². The quantitative estimate of drug-likeness (QED) is 0.675. The van der Waals surface area contributed by atoms with Gasteiger partial charge < -0.3 is 10.2 Å². The lowest BCUT2D eigenvalue weighted by molar-refractivity contribution is 0.199. The first-order valence-electron chi connectivity index (χ1n) is 9.39. The standard InChI is InChI=1S/C22H25N3OS/c1-22(2)13-12-17(15-8-4-5-9-16(15)22)24-21(26)25(3)14-20-23-18-10-6-7-11-19(18)27-20/h4-11,17H,12-14H2,1-3H3,(H,24,26). The zero-order chi connectivity index (χ0) is 19.0. The van der Waals surface area contributed by atoms with Crippen LogP contribution >= 0.6 is 11.3 Å². The van der Waals surface area contributed by atoms with E-state index in [9.17, 15) is 4.79 Å². The molecule has 140 valence electrons. The van der Waals surface area contributed by atoms with Crippen LogP contribution in [-0.2, 0) is 12.0 Å². The smallest absolute Gasteiger partial charge is 0.318 e. The molecule has 1 aromatic heterocycles. The molecular formula is C22H25N3OS. The zero-order valence-electron chi connectivity index (χ0n) is 16.0. The number of thiazole rings is 1. The Hall–Kier alpha value is -2.40. The zero-order valence-corrected chi connectivity index (χ0v) is 16.8. The first-order chi connectivity index (χ1) is 12.9. The number of benzene rings is 2. The number of rotatable bonds is 3. The summed E-state index contributed by atoms with van der Waals surface area (Å²) in [5, 5.41) is 4.19. The van der Waals surface area contributed by atoms with Crippen molar-refractivity contribution in [2.24, 2.45) is 0 Å². The lowest BCUT2D eigenvalue weighted by Gasteiger charge is -2.37. The molecule has 0 bridgehead atoms. The van der Waals surface area contributed by atoms with Gasteiger partial charge >= 0.3 is 6.03 Å². The minimum atomic E-state index is -0.0474. The molecule has 2 aromatic carbocycles. The lowest BCUT2D eigenvalue weighted by atomic mass is 9.71. The third-order valence-corrected chi connectivity index (χ3v) is 6.50. The van der Waals surface area contributed by atoms with Gasteiger partial charge in [0.15, 0.2) is 0 Å². The molecule has 2 amide bonds. The van der Waals surface area contributed by atoms with Gasteiger partial charge in [0.1, 0.15) is 5.01 Å². The minimum absolute atomic E-state index is 0.0474. The second-order valence-electron chi connectivity index (χ2n) is 7.94. The number of aromatic nitrogens is 1. The van der Waals surface area contributed by atoms with E-state index in [1.807, 2.05) is 25.2 Å². The Kier molecular flexibility index (Phi) is 4.64. The molecule has 0 aliphatic heterocycles. The molecule has 5 heteroatoms. The van der Waals surface area contributed by atoms with Crippen LogP contribution in [0.15, 0.2) is 48.5 Å². The number of fused-ring (bicyclic) bond motifs is 2. The number of hydrogen-bond donors (Lipinski definition) is 1. The highest BCUT2D eigenvalue weighted by Crippen LogP contribution is 2.41. The van der Waals surface area contributed by atoms with Crippen molar-refractivity contribution in [3.05, 3.63) is 64.7 Å². The second-order valence-corrected chi connectivity index (χ2v) is 9.06. The fourth-order valence-electron chi connectivity index (χ4n) is 3.88. The van der Waals surface area contributed by atoms with Crippen molar-refractivity contribution in [1.29, 1.82) is 0 Å². The van der Waals surface area contributed by atoms with Gasteiger partial charge in [0, 0.05) is 7.05 Å². The van der Waals surface area contributed by atoms with Gasteiger partial charge in [0.25, 0.3) is 0 Å². The molecule has 1 N–H and O–H groups in total. The van der Waals surface area contributed by atoms with E-state index in [0.717, 1.165) is 28.1 Å². The van der Waals surface area contributed by atoms with E-state index in [0.29, 0.717) is 6.54 Å². The second kappa shape index (κ2) is 6.97. The Bertz CT molecular complexity index is 945. The number of carbonyl (C=O) groups is 1. The Morgan fingerprint density at radius 3 is 2.78 bits per heavy atom. The van der Waals surface area contributed by atoms with E-state index in [2.05, 4.69) is 54.5 Å². The van der Waals surface area contributed by atoms with Crippen LogP contribution in [0.3, 0.4) is 0 Å². The Balaban J connectivity index is 1.47. The van der Waals surface area contributed by atoms with Crippen LogP contribution in [0.5, 0.6) is 0 Å². The number of carbonyl (C=O) groups excluding carboxylic acids is 1. The number of amides is 2. The Labute approximate surface area is 164 Å². The molecule has 1 aliphatic rings. The summed E-state index contributed by atoms with van der Waals surface area (Å²) >= 11 is 1.64. The number of urea groups is 1. The fourth-order valence-corrected chi connectivity index (χ4v) is 4.90. The van der Waals surface area contributed by atoms with Gasteiger partial charge in [0.2, 0.25) is 0 Å². The van der Waals surface area contributed by atoms with E-state index in [-0.39, 0.29) is 17.5 Å². The molecule has 4 rings (SSSR count). The molecule has 1 unspecified atom stereocenters. The van der Waals surface area contributed by atoms with Crippen LogP contribution in [0.2, 0.25) is 0 Å². The molecule has 0 spiro atoms. The van der Waals surface area contributed by atoms with Crippen molar-refractivity contribution < 1.29 is 4.79 Å². The average molecular weight is 380 g/mol. The van der Waals surface area contributed by atoms with Crippen LogP contribution in [0, 0.1) is 0 Å². The summed E-state index contributed by atoms with van der Waals surface area (Å²) in [5.74, 6) is 0. The average Bonchev–Trinajstić information content (AvgIpc) is 3.06. The fraction of sp³-hybridized carbons (Fsp3) is 0.364. The molecule has 0 saturated heterocycles. The molecule has 3 aromatic rings. The topological polar surface area (TPSA) is 45.2 Å². The molecule has 0 saturated carbocycles. The van der Waals surface area contributed by atoms with Gasteiger partial charge in [-0.3, -0.25) is 0 Å². The van der Waals surface area contributed by atoms with Gasteiger partial charge in [-0.15, -0.1) is 11.3 Å². The molecule has 4 nitrogen and oxygen atoms in total. The maximum Gasteiger partial charge on any atom is 0.318 e. The van der Waals surface area contributed by atoms with E-state index in [4.69, 9.17) is 0 Å². The molecule has 1 aliphatic carbocycles. The maximum atomic E-state index is 12.8. The largest absolute Gasteiger partial charge is 0.331 e. The molecule has 27 heavy (non-hydrogen) atoms. The van der Waals surface area contributed by atoms with Gasteiger partial charge in [-0.1, -0.05) is 50.2 Å². The first-order valence-corrected chi connectivity index (χ1v) is 10.2. The first kappa shape index (κ1) is 18.0. The van der Waals surface area contributed by atoms with E-state index < -0.39 is 0 Å². The van der Waals surface area contributed by atoms with Crippen LogP contribution in [0.4, 0.5) is 4.79 Å². The summed E-state index contributed by atoms with van der Waals surface area (Å²) in [5.41, 5.74) is 3.74. The lowest BCUT2D eigenvalue weighted by Crippen LogP contribution is -2.41. The molecule has 0 fully saturated rings. The van der Waals surface area contributed by atoms with Crippen LogP contribution in [0.25, 0.3) is 10.2 Å². The van der Waals surface area contributed by atoms with E-state index in [1.165, 1.54) is 11.1 Å². The van der Waals surface area contributed by atoms with E-state index in [1.54, 1.807) is 16.2 Å². The Morgan fingerprint density at radius 1 is 1.22 bits per heavy atom. The van der Waals surface area contributed by atoms with Crippen LogP contribution in [-0.4, -0.2) is 23.0 Å². The number of nitrogens with zero attached hydrogens (tertiary/aromatic N) is 2. The molecule has 0 radical (unpaired) electrons. The van der Waals surface area contributed by atoms with Gasteiger partial charge in [-0.2, -0.15) is 0 Å². The third kappa shape index (κ3) is 3.56. The van der Waals surface area contributed by atoms with E-state index >= 15 is 0 Å². The summed E-state index contributed by atoms with van der Waals surface area (Å²) in [7, 11) is 1.83. The van der Waals surface area contributed by atoms with Crippen molar-refractivity contribution in [1.82, 2.24) is 15.2 Å². The number of para-hydroxylation sites is 1. The molecular weight excluding hydrogens is 354 g/mol. The molecule has 1 atom stereocenters. The highest BCUT2D eigenvalue weighted by atomic mass is 32.1. The highest BCUT2D eigenvalue weighted by Gasteiger charge is 2.33. The van der Waals surface area contributed by atoms with Crippen molar-refractivity contribution >= 4 is 27.6 Å². The Morgan fingerprint density at radius 2 is 1.96 bits per heavy atom. The summed E-state index contributed by atoms with van der Waals surface area (Å²) in [6.07, 6.45) is 2.03. The molecule has 1 heterocycles. The number of nitrogens with one attached hydrogen (secondary N) is 1. The highest BCUT2D eigenvalue weighted by molar-refractivity contribution is 7.18. The maximum absolute atomic E-state index is 12.8. The van der Waals surface area contributed by atoms with Crippen LogP contribution in [0.1, 0.15) is 48.9 Å². The van der Waals surface area contributed by atoms with Crippen molar-refractivity contribution in [2.45, 2.75) is 44.7 Å².